The Bertz CT molecular complexity index is 985. The van der Waals surface area contributed by atoms with Crippen molar-refractivity contribution in [3.8, 4) is 5.75 Å². The minimum Gasteiger partial charge on any atom is -0.467 e. The molecular formula is C19H17ClN2O5. The van der Waals surface area contributed by atoms with E-state index < -0.39 is 18.5 Å². The van der Waals surface area contributed by atoms with Crippen molar-refractivity contribution in [2.24, 2.45) is 5.73 Å². The van der Waals surface area contributed by atoms with Gasteiger partial charge in [0, 0.05) is 6.54 Å². The third-order valence-electron chi connectivity index (χ3n) is 4.01. The summed E-state index contributed by atoms with van der Waals surface area (Å²) in [6, 6.07) is 14.6. The lowest BCUT2D eigenvalue weighted by Crippen LogP contribution is -2.23. The van der Waals surface area contributed by atoms with E-state index in [4.69, 9.17) is 31.9 Å². The van der Waals surface area contributed by atoms with Crippen LogP contribution in [-0.4, -0.2) is 34.9 Å². The van der Waals surface area contributed by atoms with Crippen molar-refractivity contribution in [2.75, 3.05) is 13.6 Å². The van der Waals surface area contributed by atoms with Gasteiger partial charge in [-0.05, 0) is 17.7 Å². The molecule has 8 heteroatoms. The molecule has 0 fully saturated rings. The SMILES string of the molecule is NC(=O)C(=O)c1c(Cl)n(Cc2ccccc2)c2cccc(OCOCO)c12. The summed E-state index contributed by atoms with van der Waals surface area (Å²) >= 11 is 6.48. The zero-order chi connectivity index (χ0) is 19.4. The van der Waals surface area contributed by atoms with E-state index in [0.29, 0.717) is 23.2 Å². The summed E-state index contributed by atoms with van der Waals surface area (Å²) in [5.41, 5.74) is 6.76. The molecule has 1 amide bonds. The van der Waals surface area contributed by atoms with Gasteiger partial charge in [-0.2, -0.15) is 0 Å². The van der Waals surface area contributed by atoms with Gasteiger partial charge in [-0.1, -0.05) is 48.0 Å². The lowest BCUT2D eigenvalue weighted by atomic mass is 10.1. The number of aliphatic hydroxyl groups excluding tert-OH is 1. The van der Waals surface area contributed by atoms with E-state index in [0.717, 1.165) is 5.56 Å². The van der Waals surface area contributed by atoms with Crippen LogP contribution in [0, 0.1) is 0 Å². The highest BCUT2D eigenvalue weighted by atomic mass is 35.5. The molecule has 1 heterocycles. The second kappa shape index (κ2) is 8.22. The Morgan fingerprint density at radius 2 is 1.85 bits per heavy atom. The van der Waals surface area contributed by atoms with Crippen molar-refractivity contribution in [1.29, 1.82) is 0 Å². The first-order valence-corrected chi connectivity index (χ1v) is 8.42. The van der Waals surface area contributed by atoms with Crippen molar-refractivity contribution in [3.05, 3.63) is 64.8 Å². The van der Waals surface area contributed by atoms with Crippen LogP contribution in [0.4, 0.5) is 0 Å². The van der Waals surface area contributed by atoms with Crippen molar-refractivity contribution >= 4 is 34.2 Å². The van der Waals surface area contributed by atoms with Crippen LogP contribution in [0.1, 0.15) is 15.9 Å². The number of hydrogen-bond acceptors (Lipinski definition) is 5. The number of benzene rings is 2. The number of fused-ring (bicyclic) bond motifs is 1. The Hall–Kier alpha value is -2.87. The van der Waals surface area contributed by atoms with Gasteiger partial charge in [0.2, 0.25) is 0 Å². The molecule has 3 rings (SSSR count). The summed E-state index contributed by atoms with van der Waals surface area (Å²) in [5, 5.41) is 9.20. The molecule has 140 valence electrons. The van der Waals surface area contributed by atoms with Crippen LogP contribution < -0.4 is 10.5 Å². The highest BCUT2D eigenvalue weighted by Crippen LogP contribution is 2.37. The summed E-state index contributed by atoms with van der Waals surface area (Å²) in [5.74, 6) is -1.73. The first-order valence-electron chi connectivity index (χ1n) is 8.04. The fraction of sp³-hybridized carbons (Fsp3) is 0.158. The van der Waals surface area contributed by atoms with Crippen molar-refractivity contribution in [3.63, 3.8) is 0 Å². The van der Waals surface area contributed by atoms with Crippen LogP contribution in [0.3, 0.4) is 0 Å². The summed E-state index contributed by atoms with van der Waals surface area (Å²) in [6.07, 6.45) is 0. The van der Waals surface area contributed by atoms with Crippen molar-refractivity contribution < 1.29 is 24.2 Å². The molecule has 3 N–H and O–H groups in total. The monoisotopic (exact) mass is 388 g/mol. The van der Waals surface area contributed by atoms with Crippen molar-refractivity contribution in [1.82, 2.24) is 4.57 Å². The molecule has 0 spiro atoms. The molecule has 0 saturated heterocycles. The standard InChI is InChI=1S/C19H17ClN2O5/c20-18-16(17(24)19(21)25)15-13(7-4-8-14(15)27-11-26-10-23)22(18)9-12-5-2-1-3-6-12/h1-8,23H,9-11H2,(H2,21,25). The van der Waals surface area contributed by atoms with Gasteiger partial charge < -0.3 is 24.9 Å². The molecule has 0 aliphatic rings. The number of carbonyl (C=O) groups excluding carboxylic acids is 2. The summed E-state index contributed by atoms with van der Waals surface area (Å²) < 4.78 is 12.0. The lowest BCUT2D eigenvalue weighted by Gasteiger charge is -2.09. The van der Waals surface area contributed by atoms with Gasteiger partial charge in [0.25, 0.3) is 11.7 Å². The third kappa shape index (κ3) is 3.80. The molecule has 0 atom stereocenters. The number of halogens is 1. The van der Waals surface area contributed by atoms with Crippen LogP contribution in [0.25, 0.3) is 10.9 Å². The number of Topliss-reactive ketones (excluding diaryl/α,β-unsaturated/α-hetero) is 1. The van der Waals surface area contributed by atoms with E-state index in [2.05, 4.69) is 0 Å². The van der Waals surface area contributed by atoms with Gasteiger partial charge >= 0.3 is 0 Å². The zero-order valence-electron chi connectivity index (χ0n) is 14.2. The van der Waals surface area contributed by atoms with Crippen LogP contribution in [0.15, 0.2) is 48.5 Å². The van der Waals surface area contributed by atoms with Crippen LogP contribution in [-0.2, 0) is 16.1 Å². The normalized spacial score (nSPS) is 10.9. The Morgan fingerprint density at radius 1 is 1.11 bits per heavy atom. The fourth-order valence-corrected chi connectivity index (χ4v) is 3.18. The molecule has 0 saturated carbocycles. The van der Waals surface area contributed by atoms with Gasteiger partial charge in [-0.3, -0.25) is 9.59 Å². The average molecular weight is 389 g/mol. The maximum Gasteiger partial charge on any atom is 0.289 e. The van der Waals surface area contributed by atoms with Gasteiger partial charge in [0.1, 0.15) is 17.7 Å². The Morgan fingerprint density at radius 3 is 2.52 bits per heavy atom. The minimum absolute atomic E-state index is 0.0188. The number of nitrogens with zero attached hydrogens (tertiary/aromatic N) is 1. The number of nitrogens with two attached hydrogens (primary N) is 1. The molecule has 0 aliphatic heterocycles. The van der Waals surface area contributed by atoms with Gasteiger partial charge in [0.15, 0.2) is 6.79 Å². The van der Waals surface area contributed by atoms with E-state index in [1.54, 1.807) is 22.8 Å². The summed E-state index contributed by atoms with van der Waals surface area (Å²) in [4.78, 5) is 24.0. The summed E-state index contributed by atoms with van der Waals surface area (Å²) in [7, 11) is 0. The maximum absolute atomic E-state index is 12.4. The highest BCUT2D eigenvalue weighted by Gasteiger charge is 2.27. The average Bonchev–Trinajstić information content (AvgIpc) is 2.95. The summed E-state index contributed by atoms with van der Waals surface area (Å²) in [6.45, 7) is -0.362. The third-order valence-corrected chi connectivity index (χ3v) is 4.40. The predicted molar refractivity (Wildman–Crippen MR) is 99.7 cm³/mol. The molecule has 27 heavy (non-hydrogen) atoms. The van der Waals surface area contributed by atoms with Crippen LogP contribution in [0.5, 0.6) is 5.75 Å². The predicted octanol–water partition coefficient (Wildman–Crippen LogP) is 2.31. The fourth-order valence-electron chi connectivity index (χ4n) is 2.85. The number of aromatic nitrogens is 1. The Labute approximate surface area is 159 Å². The van der Waals surface area contributed by atoms with E-state index in [1.165, 1.54) is 0 Å². The number of amides is 1. The number of rotatable bonds is 8. The number of ether oxygens (including phenoxy) is 2. The number of ketones is 1. The molecule has 0 bridgehead atoms. The molecule has 0 radical (unpaired) electrons. The second-order valence-corrected chi connectivity index (χ2v) is 6.03. The molecule has 3 aromatic rings. The van der Waals surface area contributed by atoms with Gasteiger partial charge in [-0.15, -0.1) is 0 Å². The lowest BCUT2D eigenvalue weighted by molar-refractivity contribution is -0.114. The van der Waals surface area contributed by atoms with E-state index in [-0.39, 0.29) is 17.5 Å². The number of carbonyl (C=O) groups is 2. The van der Waals surface area contributed by atoms with Gasteiger partial charge in [0.05, 0.1) is 16.5 Å². The number of primary amides is 1. The van der Waals surface area contributed by atoms with E-state index in [9.17, 15) is 9.59 Å². The maximum atomic E-state index is 12.4. The smallest absolute Gasteiger partial charge is 0.289 e. The number of hydrogen-bond donors (Lipinski definition) is 2. The second-order valence-electron chi connectivity index (χ2n) is 5.68. The van der Waals surface area contributed by atoms with E-state index in [1.807, 2.05) is 30.3 Å². The molecule has 0 unspecified atom stereocenters. The largest absolute Gasteiger partial charge is 0.467 e. The van der Waals surface area contributed by atoms with Gasteiger partial charge in [-0.25, -0.2) is 0 Å². The molecular weight excluding hydrogens is 372 g/mol. The molecule has 1 aromatic heterocycles. The number of aliphatic hydroxyl groups is 1. The minimum atomic E-state index is -1.11. The Kier molecular flexibility index (Phi) is 5.75. The first kappa shape index (κ1) is 18.9. The molecule has 0 aliphatic carbocycles. The highest BCUT2D eigenvalue weighted by molar-refractivity contribution is 6.49. The van der Waals surface area contributed by atoms with Crippen LogP contribution >= 0.6 is 11.6 Å². The first-order chi connectivity index (χ1) is 13.0. The van der Waals surface area contributed by atoms with E-state index >= 15 is 0 Å². The quantitative estimate of drug-likeness (QED) is 0.267. The molecule has 7 nitrogen and oxygen atoms in total. The Balaban J connectivity index is 2.18. The van der Waals surface area contributed by atoms with Crippen LogP contribution in [0.2, 0.25) is 5.15 Å². The molecule has 2 aromatic carbocycles. The van der Waals surface area contributed by atoms with Crippen molar-refractivity contribution in [2.45, 2.75) is 6.54 Å². The zero-order valence-corrected chi connectivity index (χ0v) is 15.0. The topological polar surface area (TPSA) is 104 Å².